The van der Waals surface area contributed by atoms with E-state index in [1.54, 1.807) is 11.3 Å². The van der Waals surface area contributed by atoms with Gasteiger partial charge in [-0.05, 0) is 31.6 Å². The third-order valence-corrected chi connectivity index (χ3v) is 6.45. The van der Waals surface area contributed by atoms with Crippen LogP contribution in [0, 0.1) is 5.41 Å². The van der Waals surface area contributed by atoms with Crippen molar-refractivity contribution in [1.82, 2.24) is 15.6 Å². The number of hydrogen-bond donors (Lipinski definition) is 2. The predicted molar refractivity (Wildman–Crippen MR) is 118 cm³/mol. The number of thiazole rings is 1. The van der Waals surface area contributed by atoms with Gasteiger partial charge in [-0.25, -0.2) is 4.98 Å². The van der Waals surface area contributed by atoms with Crippen molar-refractivity contribution in [2.75, 3.05) is 26.8 Å². The van der Waals surface area contributed by atoms with E-state index in [9.17, 15) is 0 Å². The molecule has 2 aromatic rings. The minimum atomic E-state index is 0.341. The summed E-state index contributed by atoms with van der Waals surface area (Å²) in [5, 5.41) is 10.1. The zero-order valence-corrected chi connectivity index (χ0v) is 17.9. The lowest BCUT2D eigenvalue weighted by molar-refractivity contribution is 0.105. The minimum Gasteiger partial charge on any atom is -0.382 e. The highest BCUT2D eigenvalue weighted by molar-refractivity contribution is 7.13. The molecule has 0 aliphatic heterocycles. The molecule has 0 amide bonds. The van der Waals surface area contributed by atoms with Crippen LogP contribution in [0.5, 0.6) is 0 Å². The summed E-state index contributed by atoms with van der Waals surface area (Å²) in [5.74, 6) is 0.844. The molecule has 0 bridgehead atoms. The third kappa shape index (κ3) is 5.79. The molecule has 3 rings (SSSR count). The van der Waals surface area contributed by atoms with Crippen LogP contribution < -0.4 is 10.6 Å². The van der Waals surface area contributed by atoms with Gasteiger partial charge in [-0.1, -0.05) is 43.2 Å². The van der Waals surface area contributed by atoms with Gasteiger partial charge in [-0.15, -0.1) is 11.3 Å². The monoisotopic (exact) mass is 400 g/mol. The quantitative estimate of drug-likeness (QED) is 0.371. The highest BCUT2D eigenvalue weighted by Crippen LogP contribution is 2.40. The van der Waals surface area contributed by atoms with Crippen LogP contribution in [0.3, 0.4) is 0 Å². The smallest absolute Gasteiger partial charge is 0.191 e. The van der Waals surface area contributed by atoms with Crippen LogP contribution in [-0.2, 0) is 11.3 Å². The Kier molecular flexibility index (Phi) is 7.86. The van der Waals surface area contributed by atoms with Crippen molar-refractivity contribution in [2.45, 2.75) is 45.6 Å². The number of aromatic nitrogens is 1. The Morgan fingerprint density at radius 2 is 2.00 bits per heavy atom. The number of hydrogen-bond acceptors (Lipinski definition) is 4. The second-order valence-electron chi connectivity index (χ2n) is 7.44. The van der Waals surface area contributed by atoms with Crippen LogP contribution in [0.4, 0.5) is 0 Å². The van der Waals surface area contributed by atoms with Gasteiger partial charge in [0.2, 0.25) is 0 Å². The molecule has 1 saturated carbocycles. The van der Waals surface area contributed by atoms with Crippen LogP contribution in [0.25, 0.3) is 10.6 Å². The molecule has 0 saturated heterocycles. The number of ether oxygens (including phenoxy) is 1. The molecule has 1 aliphatic carbocycles. The number of benzene rings is 1. The molecule has 0 unspecified atom stereocenters. The van der Waals surface area contributed by atoms with E-state index < -0.39 is 0 Å². The lowest BCUT2D eigenvalue weighted by Gasteiger charge is -2.30. The summed E-state index contributed by atoms with van der Waals surface area (Å²) in [6.07, 6.45) is 6.31. The van der Waals surface area contributed by atoms with Gasteiger partial charge in [0.1, 0.15) is 5.01 Å². The number of rotatable bonds is 9. The summed E-state index contributed by atoms with van der Waals surface area (Å²) in [7, 11) is 1.83. The normalized spacial score (nSPS) is 16.3. The Labute approximate surface area is 172 Å². The molecule has 6 heteroatoms. The first kappa shape index (κ1) is 20.8. The molecule has 1 aliphatic rings. The van der Waals surface area contributed by atoms with Gasteiger partial charge in [0.25, 0.3) is 0 Å². The van der Waals surface area contributed by atoms with Crippen molar-refractivity contribution in [1.29, 1.82) is 0 Å². The maximum absolute atomic E-state index is 5.62. The summed E-state index contributed by atoms with van der Waals surface area (Å²) < 4.78 is 5.62. The molecule has 1 aromatic carbocycles. The first-order valence-electron chi connectivity index (χ1n) is 10.3. The van der Waals surface area contributed by atoms with Crippen molar-refractivity contribution in [2.24, 2.45) is 10.4 Å². The SMILES string of the molecule is CCOCCC1(CNC(=NC)NCc2csc(-c3ccccc3)n2)CCCC1. The van der Waals surface area contributed by atoms with E-state index in [1.807, 2.05) is 25.2 Å². The molecule has 1 heterocycles. The van der Waals surface area contributed by atoms with Gasteiger partial charge in [-0.2, -0.15) is 0 Å². The molecule has 0 atom stereocenters. The standard InChI is InChI=1S/C22H32N4OS/c1-3-27-14-13-22(11-7-8-12-22)17-25-21(23-2)24-15-19-16-28-20(26-19)18-9-5-4-6-10-18/h4-6,9-10,16H,3,7-8,11-15,17H2,1-2H3,(H2,23,24,25). The number of nitrogens with zero attached hydrogens (tertiary/aromatic N) is 2. The predicted octanol–water partition coefficient (Wildman–Crippen LogP) is 4.46. The van der Waals surface area contributed by atoms with Gasteiger partial charge in [0.15, 0.2) is 5.96 Å². The van der Waals surface area contributed by atoms with Crippen LogP contribution >= 0.6 is 11.3 Å². The number of guanidine groups is 1. The van der Waals surface area contributed by atoms with Gasteiger partial charge < -0.3 is 15.4 Å². The maximum atomic E-state index is 5.62. The molecule has 0 radical (unpaired) electrons. The minimum absolute atomic E-state index is 0.341. The second-order valence-corrected chi connectivity index (χ2v) is 8.30. The number of aliphatic imine (C=N–C) groups is 1. The summed E-state index contributed by atoms with van der Waals surface area (Å²) in [6, 6.07) is 10.3. The fraction of sp³-hybridized carbons (Fsp3) is 0.545. The average molecular weight is 401 g/mol. The highest BCUT2D eigenvalue weighted by Gasteiger charge is 2.33. The fourth-order valence-corrected chi connectivity index (χ4v) is 4.67. The second kappa shape index (κ2) is 10.6. The van der Waals surface area contributed by atoms with E-state index in [-0.39, 0.29) is 0 Å². The fourth-order valence-electron chi connectivity index (χ4n) is 3.84. The van der Waals surface area contributed by atoms with Gasteiger partial charge in [0.05, 0.1) is 12.2 Å². The van der Waals surface area contributed by atoms with Crippen molar-refractivity contribution >= 4 is 17.3 Å². The van der Waals surface area contributed by atoms with E-state index in [0.717, 1.165) is 42.8 Å². The molecular formula is C22H32N4OS. The van der Waals surface area contributed by atoms with Crippen molar-refractivity contribution in [3.63, 3.8) is 0 Å². The lowest BCUT2D eigenvalue weighted by Crippen LogP contribution is -2.43. The van der Waals surface area contributed by atoms with E-state index >= 15 is 0 Å². The van der Waals surface area contributed by atoms with Gasteiger partial charge in [0, 0.05) is 37.7 Å². The van der Waals surface area contributed by atoms with Crippen LogP contribution in [-0.4, -0.2) is 37.7 Å². The van der Waals surface area contributed by atoms with E-state index in [0.29, 0.717) is 12.0 Å². The molecule has 0 spiro atoms. The summed E-state index contributed by atoms with van der Waals surface area (Å²) in [6.45, 7) is 5.34. The van der Waals surface area contributed by atoms with Crippen molar-refractivity contribution in [3.05, 3.63) is 41.4 Å². The molecule has 1 fully saturated rings. The molecule has 28 heavy (non-hydrogen) atoms. The first-order valence-corrected chi connectivity index (χ1v) is 11.1. The molecule has 1 aromatic heterocycles. The average Bonchev–Trinajstić information content (AvgIpc) is 3.39. The van der Waals surface area contributed by atoms with Gasteiger partial charge in [-0.3, -0.25) is 4.99 Å². The third-order valence-electron chi connectivity index (χ3n) is 5.51. The zero-order chi connectivity index (χ0) is 19.7. The van der Waals surface area contributed by atoms with Crippen molar-refractivity contribution < 1.29 is 4.74 Å². The van der Waals surface area contributed by atoms with Crippen LogP contribution in [0.2, 0.25) is 0 Å². The summed E-state index contributed by atoms with van der Waals surface area (Å²) >= 11 is 1.68. The Morgan fingerprint density at radius 1 is 1.21 bits per heavy atom. The Bertz CT molecular complexity index is 738. The molecule has 152 valence electrons. The van der Waals surface area contributed by atoms with Gasteiger partial charge >= 0.3 is 0 Å². The van der Waals surface area contributed by atoms with E-state index in [4.69, 9.17) is 9.72 Å². The summed E-state index contributed by atoms with van der Waals surface area (Å²) in [4.78, 5) is 9.14. The lowest BCUT2D eigenvalue weighted by atomic mass is 9.83. The Morgan fingerprint density at radius 3 is 2.71 bits per heavy atom. The molecule has 2 N–H and O–H groups in total. The largest absolute Gasteiger partial charge is 0.382 e. The molecule has 5 nitrogen and oxygen atoms in total. The molecular weight excluding hydrogens is 368 g/mol. The maximum Gasteiger partial charge on any atom is 0.191 e. The number of nitrogens with one attached hydrogen (secondary N) is 2. The zero-order valence-electron chi connectivity index (χ0n) is 17.0. The van der Waals surface area contributed by atoms with E-state index in [1.165, 1.54) is 31.2 Å². The van der Waals surface area contributed by atoms with E-state index in [2.05, 4.69) is 40.1 Å². The Hall–Kier alpha value is -1.92. The first-order chi connectivity index (χ1) is 13.7. The topological polar surface area (TPSA) is 58.5 Å². The summed E-state index contributed by atoms with van der Waals surface area (Å²) in [5.41, 5.74) is 2.55. The Balaban J connectivity index is 1.50. The van der Waals surface area contributed by atoms with Crippen LogP contribution in [0.15, 0.2) is 40.7 Å². The highest BCUT2D eigenvalue weighted by atomic mass is 32.1. The van der Waals surface area contributed by atoms with Crippen LogP contribution in [0.1, 0.15) is 44.7 Å². The van der Waals surface area contributed by atoms with Crippen molar-refractivity contribution in [3.8, 4) is 10.6 Å².